The number of hydrogen-bond acceptors (Lipinski definition) is 7. The van der Waals surface area contributed by atoms with Gasteiger partial charge >= 0.3 is 0 Å². The molecule has 0 saturated carbocycles. The van der Waals surface area contributed by atoms with Crippen molar-refractivity contribution in [2.75, 3.05) is 19.6 Å². The van der Waals surface area contributed by atoms with Gasteiger partial charge in [-0.15, -0.1) is 0 Å². The molecule has 1 aromatic heterocycles. The van der Waals surface area contributed by atoms with Crippen molar-refractivity contribution in [2.45, 2.75) is 19.3 Å². The maximum absolute atomic E-state index is 7.21. The Morgan fingerprint density at radius 1 is 1.21 bits per heavy atom. The zero-order chi connectivity index (χ0) is 20.1. The van der Waals surface area contributed by atoms with Crippen LogP contribution in [0.3, 0.4) is 0 Å². The van der Waals surface area contributed by atoms with E-state index in [9.17, 15) is 0 Å². The lowest BCUT2D eigenvalue weighted by Crippen LogP contribution is -2.35. The van der Waals surface area contributed by atoms with Crippen LogP contribution in [0.5, 0.6) is 10.9 Å². The minimum Gasteiger partial charge on any atom is -0.431 e. The summed E-state index contributed by atoms with van der Waals surface area (Å²) < 4.78 is 7.06. The summed E-state index contributed by atoms with van der Waals surface area (Å²) in [5, 5.41) is 4.22. The summed E-state index contributed by atoms with van der Waals surface area (Å²) in [6.45, 7) is 3.08. The number of thiazole rings is 1. The summed E-state index contributed by atoms with van der Waals surface area (Å²) in [4.78, 5) is 6.99. The molecule has 0 radical (unpaired) electrons. The van der Waals surface area contributed by atoms with Crippen LogP contribution in [0.4, 0.5) is 0 Å². The van der Waals surface area contributed by atoms with Crippen LogP contribution in [0.2, 0.25) is 0 Å². The van der Waals surface area contributed by atoms with Crippen molar-refractivity contribution in [1.82, 2.24) is 9.88 Å². The minimum absolute atomic E-state index is 0.327. The third-order valence-electron chi connectivity index (χ3n) is 5.43. The lowest BCUT2D eigenvalue weighted by Gasteiger charge is -2.31. The van der Waals surface area contributed by atoms with Gasteiger partial charge in [0.2, 0.25) is 0 Å². The molecule has 3 N–H and O–H groups in total. The van der Waals surface area contributed by atoms with E-state index in [1.807, 2.05) is 30.3 Å². The third-order valence-corrected chi connectivity index (χ3v) is 6.34. The molecule has 150 valence electrons. The highest BCUT2D eigenvalue weighted by atomic mass is 32.1. The van der Waals surface area contributed by atoms with Crippen LogP contribution < -0.4 is 10.5 Å². The Labute approximate surface area is 174 Å². The third kappa shape index (κ3) is 4.81. The lowest BCUT2D eigenvalue weighted by atomic mass is 9.94. The molecule has 3 aromatic rings. The van der Waals surface area contributed by atoms with Crippen LogP contribution in [-0.2, 0) is 6.42 Å². The highest BCUT2D eigenvalue weighted by Gasteiger charge is 2.21. The molecule has 2 aromatic carbocycles. The molecule has 0 bridgehead atoms. The minimum atomic E-state index is 0.327. The maximum Gasteiger partial charge on any atom is 0.279 e. The molecular formula is C22H25N5OS. The molecule has 0 unspecified atom stereocenters. The maximum atomic E-state index is 7.21. The number of piperidine rings is 1. The zero-order valence-electron chi connectivity index (χ0n) is 16.3. The van der Waals surface area contributed by atoms with E-state index >= 15 is 0 Å². The fourth-order valence-corrected chi connectivity index (χ4v) is 4.56. The molecule has 0 atom stereocenters. The van der Waals surface area contributed by atoms with Crippen molar-refractivity contribution in [3.05, 3.63) is 66.0 Å². The number of para-hydroxylation sites is 1. The number of likely N-dealkylation sites (tertiary alicyclic amines) is 1. The molecule has 7 heteroatoms. The van der Waals surface area contributed by atoms with E-state index in [1.54, 1.807) is 11.3 Å². The predicted molar refractivity (Wildman–Crippen MR) is 116 cm³/mol. The van der Waals surface area contributed by atoms with Gasteiger partial charge in [0.25, 0.3) is 5.19 Å². The number of hydrogen-bond donors (Lipinski definition) is 2. The normalized spacial score (nSPS) is 16.2. The molecule has 1 fully saturated rings. The molecule has 0 aliphatic carbocycles. The molecule has 0 amide bonds. The first-order valence-electron chi connectivity index (χ1n) is 9.89. The van der Waals surface area contributed by atoms with Crippen molar-refractivity contribution >= 4 is 21.6 Å². The first-order valence-corrected chi connectivity index (χ1v) is 10.7. The van der Waals surface area contributed by atoms with Gasteiger partial charge in [-0.05, 0) is 62.2 Å². The van der Waals surface area contributed by atoms with E-state index < -0.39 is 0 Å². The second-order valence-electron chi connectivity index (χ2n) is 7.26. The number of ether oxygens (including phenoxy) is 1. The van der Waals surface area contributed by atoms with Crippen molar-refractivity contribution in [3.8, 4) is 10.9 Å². The Bertz CT molecular complexity index is 957. The fourth-order valence-electron chi connectivity index (χ4n) is 3.72. The van der Waals surface area contributed by atoms with Gasteiger partial charge in [-0.1, -0.05) is 35.6 Å². The van der Waals surface area contributed by atoms with Crippen LogP contribution >= 0.6 is 11.3 Å². The first-order chi connectivity index (χ1) is 14.2. The first kappa shape index (κ1) is 19.5. The van der Waals surface area contributed by atoms with Gasteiger partial charge in [-0.25, -0.2) is 10.5 Å². The quantitative estimate of drug-likeness (QED) is 0.529. The molecule has 1 saturated heterocycles. The number of nitrogens with one attached hydrogen (secondary N) is 1. The second kappa shape index (κ2) is 9.15. The van der Waals surface area contributed by atoms with Gasteiger partial charge in [0.1, 0.15) is 5.75 Å². The summed E-state index contributed by atoms with van der Waals surface area (Å²) >= 11 is 1.56. The molecule has 1 aliphatic heterocycles. The van der Waals surface area contributed by atoms with Crippen LogP contribution in [0.15, 0.2) is 65.5 Å². The molecule has 2 heterocycles. The van der Waals surface area contributed by atoms with Gasteiger partial charge in [0.15, 0.2) is 0 Å². The number of nitrogens with zero attached hydrogens (tertiary/aromatic N) is 3. The Hall–Kier alpha value is -2.77. The molecule has 1 aliphatic rings. The van der Waals surface area contributed by atoms with Crippen LogP contribution in [0.1, 0.15) is 18.4 Å². The average Bonchev–Trinajstić information content (AvgIpc) is 3.17. The SMILES string of the molecule is N=N/C(=C\N)C1CCN(CCc2ccc(Oc3nc4ccccc4s3)cc2)CC1. The number of aromatic nitrogens is 1. The summed E-state index contributed by atoms with van der Waals surface area (Å²) in [6.07, 6.45) is 4.51. The van der Waals surface area contributed by atoms with E-state index in [0.717, 1.165) is 54.9 Å². The van der Waals surface area contributed by atoms with Crippen molar-refractivity contribution in [2.24, 2.45) is 16.8 Å². The Morgan fingerprint density at radius 2 is 1.97 bits per heavy atom. The average molecular weight is 408 g/mol. The largest absolute Gasteiger partial charge is 0.431 e. The lowest BCUT2D eigenvalue weighted by molar-refractivity contribution is 0.199. The van der Waals surface area contributed by atoms with Gasteiger partial charge < -0.3 is 15.4 Å². The van der Waals surface area contributed by atoms with E-state index in [1.165, 1.54) is 11.8 Å². The monoisotopic (exact) mass is 407 g/mol. The smallest absolute Gasteiger partial charge is 0.279 e. The van der Waals surface area contributed by atoms with E-state index in [4.69, 9.17) is 16.0 Å². The standard InChI is InChI=1S/C22H25N5OS/c23-15-20(26-24)17-10-13-27(14-11-17)12-9-16-5-7-18(8-6-16)28-22-25-19-3-1-2-4-21(19)29-22/h1-8,15,17,24H,9-14,23H2/b20-15-,26-24?. The Morgan fingerprint density at radius 3 is 2.66 bits per heavy atom. The Balaban J connectivity index is 1.27. The number of benzene rings is 2. The van der Waals surface area contributed by atoms with Gasteiger partial charge in [0.05, 0.1) is 15.9 Å². The van der Waals surface area contributed by atoms with Gasteiger partial charge in [0, 0.05) is 18.7 Å². The summed E-state index contributed by atoms with van der Waals surface area (Å²) in [5.74, 6) is 1.14. The molecular weight excluding hydrogens is 382 g/mol. The highest BCUT2D eigenvalue weighted by Crippen LogP contribution is 2.31. The van der Waals surface area contributed by atoms with Crippen molar-refractivity contribution < 1.29 is 4.74 Å². The fraction of sp³-hybridized carbons (Fsp3) is 0.318. The van der Waals surface area contributed by atoms with Gasteiger partial charge in [-0.2, -0.15) is 5.11 Å². The van der Waals surface area contributed by atoms with E-state index in [0.29, 0.717) is 16.8 Å². The molecule has 29 heavy (non-hydrogen) atoms. The number of fused-ring (bicyclic) bond motifs is 1. The van der Waals surface area contributed by atoms with Crippen molar-refractivity contribution in [3.63, 3.8) is 0 Å². The number of rotatable bonds is 7. The van der Waals surface area contributed by atoms with Gasteiger partial charge in [-0.3, -0.25) is 0 Å². The van der Waals surface area contributed by atoms with Crippen LogP contribution in [0.25, 0.3) is 10.2 Å². The van der Waals surface area contributed by atoms with Crippen LogP contribution in [-0.4, -0.2) is 29.5 Å². The Kier molecular flexibility index (Phi) is 6.17. The molecule has 0 spiro atoms. The van der Waals surface area contributed by atoms with Crippen LogP contribution in [0, 0.1) is 11.4 Å². The van der Waals surface area contributed by atoms with Crippen molar-refractivity contribution in [1.29, 1.82) is 5.53 Å². The molecule has 4 rings (SSSR count). The van der Waals surface area contributed by atoms with E-state index in [2.05, 4.69) is 33.2 Å². The topological polar surface area (TPSA) is 87.6 Å². The highest BCUT2D eigenvalue weighted by molar-refractivity contribution is 7.20. The summed E-state index contributed by atoms with van der Waals surface area (Å²) in [5.41, 5.74) is 15.8. The summed E-state index contributed by atoms with van der Waals surface area (Å²) in [7, 11) is 0. The summed E-state index contributed by atoms with van der Waals surface area (Å²) in [6, 6.07) is 16.3. The predicted octanol–water partition coefficient (Wildman–Crippen LogP) is 5.17. The second-order valence-corrected chi connectivity index (χ2v) is 8.26. The zero-order valence-corrected chi connectivity index (χ0v) is 17.1. The number of nitrogens with two attached hydrogens (primary N) is 1. The number of allylic oxidation sites excluding steroid dienone is 1. The van der Waals surface area contributed by atoms with E-state index in [-0.39, 0.29) is 0 Å². The molecule has 6 nitrogen and oxygen atoms in total.